The third kappa shape index (κ3) is 8.20. The van der Waals surface area contributed by atoms with Crippen LogP contribution in [0.4, 0.5) is 39.9 Å². The van der Waals surface area contributed by atoms with Gasteiger partial charge in [-0.2, -0.15) is 12.1 Å². The predicted molar refractivity (Wildman–Crippen MR) is 277 cm³/mol. The van der Waals surface area contributed by atoms with Gasteiger partial charge in [0.25, 0.3) is 0 Å². The third-order valence-electron chi connectivity index (χ3n) is 12.9. The van der Waals surface area contributed by atoms with Gasteiger partial charge in [-0.25, -0.2) is 4.98 Å². The molecule has 338 valence electrons. The summed E-state index contributed by atoms with van der Waals surface area (Å²) in [5.74, 6) is 1.98. The first-order valence-electron chi connectivity index (χ1n) is 23.0. The van der Waals surface area contributed by atoms with Crippen LogP contribution in [0.25, 0.3) is 44.5 Å². The van der Waals surface area contributed by atoms with Gasteiger partial charge in [-0.15, -0.1) is 48.3 Å². The largest absolute Gasteiger partial charge is 0.509 e. The number of hydrogen-bond donors (Lipinski definition) is 0. The molecule has 0 spiro atoms. The van der Waals surface area contributed by atoms with E-state index < -0.39 is 0 Å². The molecule has 68 heavy (non-hydrogen) atoms. The van der Waals surface area contributed by atoms with Gasteiger partial charge in [-0.3, -0.25) is 0 Å². The van der Waals surface area contributed by atoms with E-state index in [1.165, 1.54) is 22.3 Å². The maximum Gasteiger partial charge on any atom is 0.135 e. The van der Waals surface area contributed by atoms with Gasteiger partial charge >= 0.3 is 0 Å². The van der Waals surface area contributed by atoms with Crippen molar-refractivity contribution in [2.45, 2.75) is 52.4 Å². The number of para-hydroxylation sites is 3. The first-order chi connectivity index (χ1) is 32.5. The van der Waals surface area contributed by atoms with Crippen molar-refractivity contribution in [1.29, 1.82) is 0 Å². The molecule has 3 heterocycles. The quantitative estimate of drug-likeness (QED) is 0.149. The molecule has 0 amide bonds. The smallest absolute Gasteiger partial charge is 0.135 e. The second-order valence-electron chi connectivity index (χ2n) is 19.4. The van der Waals surface area contributed by atoms with Crippen LogP contribution in [0, 0.1) is 18.8 Å². The zero-order chi connectivity index (χ0) is 45.9. The van der Waals surface area contributed by atoms with E-state index in [-0.39, 0.29) is 31.9 Å². The molecule has 6 heteroatoms. The molecule has 0 unspecified atom stereocenters. The SMILES string of the molecule is CC(C)(C)c1ccnc(N2c3[c-]c(Oc4[c-]c(N5[CH-]N(c6c(-c7ccccc7)cc(C(C)(C)C)cc6-c6ccccc6)c6ccccc65)ccc4)ccc3-c3ccccc3-c3ccccc32)c1.[Pt]. The zero-order valence-electron chi connectivity index (χ0n) is 39.1. The summed E-state index contributed by atoms with van der Waals surface area (Å²) in [6.07, 6.45) is 1.91. The molecule has 11 rings (SSSR count). The minimum Gasteiger partial charge on any atom is -0.509 e. The monoisotopic (exact) mass is 1060 g/mol. The van der Waals surface area contributed by atoms with E-state index in [0.717, 1.165) is 73.3 Å². The summed E-state index contributed by atoms with van der Waals surface area (Å²) < 4.78 is 6.81. The minimum atomic E-state index is -0.0736. The fourth-order valence-electron chi connectivity index (χ4n) is 9.37. The van der Waals surface area contributed by atoms with E-state index in [1.54, 1.807) is 0 Å². The van der Waals surface area contributed by atoms with E-state index in [2.05, 4.69) is 245 Å². The van der Waals surface area contributed by atoms with Gasteiger partial charge in [-0.05, 0) is 81.1 Å². The Kier molecular flexibility index (Phi) is 11.7. The van der Waals surface area contributed by atoms with Crippen LogP contribution in [-0.2, 0) is 31.9 Å². The van der Waals surface area contributed by atoms with Gasteiger partial charge in [0.2, 0.25) is 0 Å². The molecule has 9 aromatic rings. The molecule has 0 fully saturated rings. The van der Waals surface area contributed by atoms with Crippen molar-refractivity contribution >= 4 is 39.9 Å². The average Bonchev–Trinajstić information content (AvgIpc) is 3.68. The standard InChI is InChI=1S/C62H51N4O.Pt/c1-61(2,3)44-34-35-63-59(38-44)66-55-29-16-15-28-51(55)49-26-13-14-27-50(49)52-33-32-48(40-58(52)66)67-47-25-19-24-46(39-47)64-41-65(57-31-18-17-30-56(57)64)60-53(42-20-9-7-10-21-42)36-45(62(4,5)6)37-54(60)43-22-11-8-12-23-43;/h7-38,41H,1-6H3;/q-3;. The number of hydrogen-bond acceptors (Lipinski definition) is 5. The Morgan fingerprint density at radius 1 is 0.456 bits per heavy atom. The van der Waals surface area contributed by atoms with Crippen LogP contribution in [0.2, 0.25) is 0 Å². The van der Waals surface area contributed by atoms with Gasteiger partial charge in [0, 0.05) is 72.5 Å². The first kappa shape index (κ1) is 44.6. The molecule has 0 aliphatic carbocycles. The van der Waals surface area contributed by atoms with Crippen molar-refractivity contribution in [3.63, 3.8) is 0 Å². The number of rotatable bonds is 7. The predicted octanol–water partition coefficient (Wildman–Crippen LogP) is 16.9. The summed E-state index contributed by atoms with van der Waals surface area (Å²) in [7, 11) is 0. The number of ether oxygens (including phenoxy) is 1. The fraction of sp³-hybridized carbons (Fsp3) is 0.129. The molecule has 1 aromatic heterocycles. The van der Waals surface area contributed by atoms with E-state index >= 15 is 0 Å². The maximum absolute atomic E-state index is 6.81. The van der Waals surface area contributed by atoms with Crippen LogP contribution in [0.5, 0.6) is 11.5 Å². The van der Waals surface area contributed by atoms with Crippen molar-refractivity contribution in [2.75, 3.05) is 14.7 Å². The summed E-state index contributed by atoms with van der Waals surface area (Å²) in [6, 6.07) is 74.0. The molecule has 5 nitrogen and oxygen atoms in total. The second kappa shape index (κ2) is 17.8. The van der Waals surface area contributed by atoms with Gasteiger partial charge in [-0.1, -0.05) is 168 Å². The van der Waals surface area contributed by atoms with Crippen LogP contribution in [-0.4, -0.2) is 4.98 Å². The molecule has 0 atom stereocenters. The zero-order valence-corrected chi connectivity index (χ0v) is 41.3. The number of nitrogens with zero attached hydrogens (tertiary/aromatic N) is 4. The van der Waals surface area contributed by atoms with Crippen molar-refractivity contribution in [2.24, 2.45) is 0 Å². The Bertz CT molecular complexity index is 3240. The maximum atomic E-state index is 6.81. The van der Waals surface area contributed by atoms with Gasteiger partial charge in [0.15, 0.2) is 0 Å². The number of anilines is 7. The van der Waals surface area contributed by atoms with Crippen LogP contribution in [0.15, 0.2) is 194 Å². The van der Waals surface area contributed by atoms with E-state index in [1.807, 2.05) is 24.4 Å². The molecular weight excluding hydrogens is 1010 g/mol. The van der Waals surface area contributed by atoms with Crippen LogP contribution < -0.4 is 19.4 Å². The van der Waals surface area contributed by atoms with Crippen molar-refractivity contribution in [3.05, 3.63) is 224 Å². The normalized spacial score (nSPS) is 12.9. The summed E-state index contributed by atoms with van der Waals surface area (Å²) in [5, 5.41) is 0. The first-order valence-corrected chi connectivity index (χ1v) is 23.0. The molecule has 2 aliphatic rings. The number of benzene rings is 8. The summed E-state index contributed by atoms with van der Waals surface area (Å²) in [5.41, 5.74) is 17.4. The summed E-state index contributed by atoms with van der Waals surface area (Å²) >= 11 is 0. The van der Waals surface area contributed by atoms with Crippen LogP contribution in [0.3, 0.4) is 0 Å². The molecule has 0 saturated carbocycles. The van der Waals surface area contributed by atoms with E-state index in [0.29, 0.717) is 11.5 Å². The Morgan fingerprint density at radius 3 is 1.63 bits per heavy atom. The molecule has 0 radical (unpaired) electrons. The number of pyridine rings is 1. The van der Waals surface area contributed by atoms with E-state index in [4.69, 9.17) is 9.72 Å². The Labute approximate surface area is 415 Å². The molecule has 0 N–H and O–H groups in total. The van der Waals surface area contributed by atoms with Crippen molar-refractivity contribution < 1.29 is 25.8 Å². The second-order valence-corrected chi connectivity index (χ2v) is 19.4. The Morgan fingerprint density at radius 2 is 1.00 bits per heavy atom. The molecule has 0 saturated heterocycles. The van der Waals surface area contributed by atoms with Crippen LogP contribution in [0.1, 0.15) is 52.7 Å². The fourth-order valence-corrected chi connectivity index (χ4v) is 9.37. The summed E-state index contributed by atoms with van der Waals surface area (Å²) in [6.45, 7) is 15.8. The van der Waals surface area contributed by atoms with Gasteiger partial charge in [0.1, 0.15) is 5.82 Å². The number of fused-ring (bicyclic) bond motifs is 6. The molecule has 2 aliphatic heterocycles. The Hall–Kier alpha value is -7.20. The topological polar surface area (TPSA) is 31.8 Å². The minimum absolute atomic E-state index is 0. The molecular formula is C62H51N4OPt-3. The molecule has 0 bridgehead atoms. The van der Waals surface area contributed by atoms with E-state index in [9.17, 15) is 0 Å². The van der Waals surface area contributed by atoms with Crippen molar-refractivity contribution in [3.8, 4) is 56.0 Å². The molecule has 8 aromatic carbocycles. The average molecular weight is 1060 g/mol. The third-order valence-corrected chi connectivity index (χ3v) is 12.9. The van der Waals surface area contributed by atoms with Crippen molar-refractivity contribution in [1.82, 2.24) is 4.98 Å². The summed E-state index contributed by atoms with van der Waals surface area (Å²) in [4.78, 5) is 11.8. The van der Waals surface area contributed by atoms with Gasteiger partial charge < -0.3 is 19.4 Å². The number of aromatic nitrogens is 1. The van der Waals surface area contributed by atoms with Crippen LogP contribution >= 0.6 is 0 Å². The Balaban J connectivity index is 0.00000539. The van der Waals surface area contributed by atoms with Gasteiger partial charge in [0.05, 0.1) is 5.69 Å².